The van der Waals surface area contributed by atoms with Gasteiger partial charge < -0.3 is 10.1 Å². The van der Waals surface area contributed by atoms with Gasteiger partial charge in [0.15, 0.2) is 16.8 Å². The Kier molecular flexibility index (Phi) is 8.54. The summed E-state index contributed by atoms with van der Waals surface area (Å²) in [7, 11) is 1.64. The number of likely N-dealkylation sites (tertiary alicyclic amines) is 1. The molecule has 2 aromatic heterocycles. The summed E-state index contributed by atoms with van der Waals surface area (Å²) in [6.45, 7) is 6.04. The van der Waals surface area contributed by atoms with Crippen molar-refractivity contribution in [2.75, 3.05) is 25.5 Å². The van der Waals surface area contributed by atoms with E-state index in [2.05, 4.69) is 32.3 Å². The number of carbonyl (C=O) groups excluding carboxylic acids is 1. The second-order valence-electron chi connectivity index (χ2n) is 8.38. The highest BCUT2D eigenvalue weighted by atomic mass is 35.5. The highest BCUT2D eigenvalue weighted by molar-refractivity contribution is 8.00. The minimum absolute atomic E-state index is 0.0838. The van der Waals surface area contributed by atoms with E-state index in [1.807, 2.05) is 35.8 Å². The number of hydrogen-bond acceptors (Lipinski definition) is 7. The van der Waals surface area contributed by atoms with E-state index in [9.17, 15) is 4.79 Å². The number of ether oxygens (including phenoxy) is 1. The van der Waals surface area contributed by atoms with Crippen LogP contribution in [0.5, 0.6) is 5.75 Å². The molecule has 3 heterocycles. The molecule has 0 aliphatic carbocycles. The lowest BCUT2D eigenvalue weighted by atomic mass is 10.1. The summed E-state index contributed by atoms with van der Waals surface area (Å²) in [5.74, 6) is 1.63. The van der Waals surface area contributed by atoms with E-state index in [0.717, 1.165) is 30.4 Å². The van der Waals surface area contributed by atoms with Crippen LogP contribution in [0.3, 0.4) is 0 Å². The quantitative estimate of drug-likeness (QED) is 0.374. The monoisotopic (exact) mass is 534 g/mol. The van der Waals surface area contributed by atoms with Gasteiger partial charge in [0.05, 0.1) is 28.4 Å². The van der Waals surface area contributed by atoms with E-state index < -0.39 is 5.25 Å². The number of hydrogen-bond donors (Lipinski definition) is 1. The molecular formula is C24H28Cl2N6O2S. The molecule has 1 aromatic carbocycles. The molecule has 0 bridgehead atoms. The molecule has 35 heavy (non-hydrogen) atoms. The first-order valence-corrected chi connectivity index (χ1v) is 13.1. The zero-order chi connectivity index (χ0) is 24.9. The predicted octanol–water partition coefficient (Wildman–Crippen LogP) is 5.64. The Morgan fingerprint density at radius 1 is 1.11 bits per heavy atom. The summed E-state index contributed by atoms with van der Waals surface area (Å²) >= 11 is 13.4. The summed E-state index contributed by atoms with van der Waals surface area (Å²) in [4.78, 5) is 19.5. The number of aromatic nitrogens is 4. The van der Waals surface area contributed by atoms with Crippen LogP contribution in [0.1, 0.15) is 45.0 Å². The van der Waals surface area contributed by atoms with E-state index in [-0.39, 0.29) is 22.8 Å². The third-order valence-electron chi connectivity index (χ3n) is 6.00. The maximum Gasteiger partial charge on any atom is 0.238 e. The Bertz CT molecular complexity index is 1170. The van der Waals surface area contributed by atoms with Crippen molar-refractivity contribution in [1.82, 2.24) is 24.6 Å². The third kappa shape index (κ3) is 6.09. The number of benzene rings is 1. The van der Waals surface area contributed by atoms with Gasteiger partial charge in [-0.3, -0.25) is 14.3 Å². The van der Waals surface area contributed by atoms with Crippen LogP contribution in [0.25, 0.3) is 5.69 Å². The molecular weight excluding hydrogens is 507 g/mol. The molecule has 4 rings (SSSR count). The van der Waals surface area contributed by atoms with Crippen LogP contribution in [0.15, 0.2) is 41.7 Å². The van der Waals surface area contributed by atoms with Crippen molar-refractivity contribution in [1.29, 1.82) is 0 Å². The van der Waals surface area contributed by atoms with Crippen molar-refractivity contribution >= 4 is 46.7 Å². The van der Waals surface area contributed by atoms with Crippen molar-refractivity contribution in [2.24, 2.45) is 0 Å². The molecule has 0 spiro atoms. The van der Waals surface area contributed by atoms with Gasteiger partial charge in [-0.05, 0) is 70.1 Å². The largest absolute Gasteiger partial charge is 0.497 e. The lowest BCUT2D eigenvalue weighted by molar-refractivity contribution is -0.115. The highest BCUT2D eigenvalue weighted by Crippen LogP contribution is 2.32. The Morgan fingerprint density at radius 2 is 1.83 bits per heavy atom. The van der Waals surface area contributed by atoms with Gasteiger partial charge in [0, 0.05) is 11.9 Å². The molecule has 1 saturated heterocycles. The molecule has 0 saturated carbocycles. The minimum Gasteiger partial charge on any atom is -0.497 e. The van der Waals surface area contributed by atoms with Crippen LogP contribution in [0, 0.1) is 0 Å². The van der Waals surface area contributed by atoms with Crippen LogP contribution in [0.4, 0.5) is 5.82 Å². The van der Waals surface area contributed by atoms with Crippen molar-refractivity contribution in [3.63, 3.8) is 0 Å². The molecule has 1 aliphatic heterocycles. The first-order chi connectivity index (χ1) is 16.9. The number of piperidine rings is 1. The summed E-state index contributed by atoms with van der Waals surface area (Å²) < 4.78 is 7.36. The molecule has 186 valence electrons. The number of amides is 1. The zero-order valence-corrected chi connectivity index (χ0v) is 22.2. The smallest absolute Gasteiger partial charge is 0.238 e. The molecule has 0 unspecified atom stereocenters. The molecule has 0 radical (unpaired) electrons. The lowest BCUT2D eigenvalue weighted by Gasteiger charge is -2.32. The maximum atomic E-state index is 12.9. The molecule has 1 aliphatic rings. The van der Waals surface area contributed by atoms with Gasteiger partial charge >= 0.3 is 0 Å². The van der Waals surface area contributed by atoms with E-state index >= 15 is 0 Å². The number of rotatable bonds is 8. The second-order valence-corrected chi connectivity index (χ2v) is 10.5. The fraction of sp³-hybridized carbons (Fsp3) is 0.417. The maximum absolute atomic E-state index is 12.9. The number of nitrogens with one attached hydrogen (secondary N) is 1. The first-order valence-electron chi connectivity index (χ1n) is 11.5. The highest BCUT2D eigenvalue weighted by Gasteiger charge is 2.27. The van der Waals surface area contributed by atoms with Crippen LogP contribution >= 0.6 is 35.0 Å². The van der Waals surface area contributed by atoms with Gasteiger partial charge in [0.25, 0.3) is 0 Å². The van der Waals surface area contributed by atoms with Gasteiger partial charge in [0.2, 0.25) is 5.91 Å². The molecule has 1 N–H and O–H groups in total. The molecule has 8 nitrogen and oxygen atoms in total. The number of pyridine rings is 1. The molecule has 1 amide bonds. The first kappa shape index (κ1) is 25.8. The Morgan fingerprint density at radius 3 is 2.49 bits per heavy atom. The van der Waals surface area contributed by atoms with Crippen molar-refractivity contribution in [3.8, 4) is 11.4 Å². The lowest BCUT2D eigenvalue weighted by Crippen LogP contribution is -2.33. The Labute approximate surface area is 219 Å². The van der Waals surface area contributed by atoms with E-state index in [0.29, 0.717) is 10.2 Å². The number of methoxy groups -OCH3 is 1. The Hall–Kier alpha value is -2.33. The number of thioether (sulfide) groups is 1. The summed E-state index contributed by atoms with van der Waals surface area (Å²) in [6, 6.07) is 9.38. The van der Waals surface area contributed by atoms with E-state index in [1.54, 1.807) is 7.11 Å². The number of carbonyl (C=O) groups is 1. The summed E-state index contributed by atoms with van der Waals surface area (Å²) in [5, 5.41) is 12.7. The van der Waals surface area contributed by atoms with E-state index in [1.165, 1.54) is 43.3 Å². The van der Waals surface area contributed by atoms with Crippen LogP contribution in [-0.4, -0.2) is 56.0 Å². The van der Waals surface area contributed by atoms with Gasteiger partial charge in [-0.1, -0.05) is 41.4 Å². The standard InChI is InChI=1S/C24H28Cl2N6O2S/c1-15(31-11-5-4-6-12-31)22-29-30-24(32(22)18-7-9-19(34-3)10-8-18)35-16(2)23(33)28-21-20(26)13-17(25)14-27-21/h7-10,13-16H,4-6,11-12H2,1-3H3,(H,27,28,33)/t15-,16+/m1/s1. The predicted molar refractivity (Wildman–Crippen MR) is 140 cm³/mol. The number of halogens is 2. The average molecular weight is 536 g/mol. The van der Waals surface area contributed by atoms with Crippen LogP contribution in [-0.2, 0) is 4.79 Å². The molecule has 1 fully saturated rings. The number of anilines is 1. The van der Waals surface area contributed by atoms with Crippen LogP contribution < -0.4 is 10.1 Å². The van der Waals surface area contributed by atoms with E-state index in [4.69, 9.17) is 27.9 Å². The summed E-state index contributed by atoms with van der Waals surface area (Å²) in [5.41, 5.74) is 0.909. The molecule has 3 aromatic rings. The van der Waals surface area contributed by atoms with Gasteiger partial charge in [-0.15, -0.1) is 10.2 Å². The van der Waals surface area contributed by atoms with Gasteiger partial charge in [0.1, 0.15) is 5.75 Å². The molecule has 11 heteroatoms. The fourth-order valence-corrected chi connectivity index (χ4v) is 5.31. The summed E-state index contributed by atoms with van der Waals surface area (Å²) in [6.07, 6.45) is 5.06. The number of nitrogens with zero attached hydrogens (tertiary/aromatic N) is 5. The normalized spacial score (nSPS) is 16.0. The second kappa shape index (κ2) is 11.6. The minimum atomic E-state index is -0.483. The van der Waals surface area contributed by atoms with Crippen molar-refractivity contribution in [3.05, 3.63) is 52.4 Å². The third-order valence-corrected chi connectivity index (χ3v) is 7.54. The SMILES string of the molecule is COc1ccc(-n2c(S[C@@H](C)C(=O)Nc3ncc(Cl)cc3Cl)nnc2[C@@H](C)N2CCCCC2)cc1. The average Bonchev–Trinajstić information content (AvgIpc) is 3.29. The Balaban J connectivity index is 1.60. The van der Waals surface area contributed by atoms with Gasteiger partial charge in [-0.25, -0.2) is 4.98 Å². The zero-order valence-electron chi connectivity index (χ0n) is 19.9. The van der Waals surface area contributed by atoms with Crippen molar-refractivity contribution in [2.45, 2.75) is 49.6 Å². The van der Waals surface area contributed by atoms with Gasteiger partial charge in [-0.2, -0.15) is 0 Å². The fourth-order valence-electron chi connectivity index (χ4n) is 4.01. The molecule has 2 atom stereocenters. The topological polar surface area (TPSA) is 85.2 Å². The van der Waals surface area contributed by atoms with Crippen LogP contribution in [0.2, 0.25) is 10.0 Å². The van der Waals surface area contributed by atoms with Crippen molar-refractivity contribution < 1.29 is 9.53 Å².